The molecule has 0 aromatic rings. The summed E-state index contributed by atoms with van der Waals surface area (Å²) in [7, 11) is 0. The number of hydrogen-bond donors (Lipinski definition) is 0. The van der Waals surface area contributed by atoms with Crippen LogP contribution in [0.2, 0.25) is 0 Å². The van der Waals surface area contributed by atoms with Crippen molar-refractivity contribution in [2.24, 2.45) is 0 Å². The number of rotatable bonds is 0. The van der Waals surface area contributed by atoms with Gasteiger partial charge in [-0.05, 0) is 0 Å². The smallest absolute Gasteiger partial charge is 0 e. The van der Waals surface area contributed by atoms with Gasteiger partial charge in [0.15, 0.2) is 0 Å². The molecule has 0 saturated carbocycles. The maximum atomic E-state index is 0. The van der Waals surface area contributed by atoms with Gasteiger partial charge >= 0.3 is 0 Å². The Morgan fingerprint density at radius 2 is 1.00 bits per heavy atom. The summed E-state index contributed by atoms with van der Waals surface area (Å²) in [6, 6.07) is 0. The molecule has 0 N–H and O–H groups in total. The molecule has 18 valence electrons. The normalized spacial score (nSPS) is 0. The van der Waals surface area contributed by atoms with Crippen LogP contribution in [0.1, 0.15) is 0 Å². The molecule has 0 rings (SSSR count). The molecular weight excluding hydrogens is 247 g/mol. The minimum absolute atomic E-state index is 0. The van der Waals surface area contributed by atoms with Crippen molar-refractivity contribution in [2.45, 2.75) is 0 Å². The minimum atomic E-state index is 0. The Morgan fingerprint density at radius 1 is 1.00 bits per heavy atom. The molecule has 0 aliphatic carbocycles. The molecule has 0 fully saturated rings. The van der Waals surface area contributed by atoms with Gasteiger partial charge < -0.3 is 0 Å². The second-order valence-corrected chi connectivity index (χ2v) is 0. The third-order valence-electron chi connectivity index (χ3n) is 0. The van der Waals surface area contributed by atoms with Crippen molar-refractivity contribution in [2.75, 3.05) is 0 Å². The van der Waals surface area contributed by atoms with E-state index in [4.69, 9.17) is 0 Å². The Balaban J connectivity index is 0. The number of hydrogen-bond acceptors (Lipinski definition) is 0. The summed E-state index contributed by atoms with van der Waals surface area (Å²) >= 11 is 0. The van der Waals surface area contributed by atoms with Crippen molar-refractivity contribution in [1.82, 2.24) is 0 Å². The molecule has 0 amide bonds. The minimum Gasteiger partial charge on any atom is 0 e. The second kappa shape index (κ2) is 18.6. The Kier molecular flexibility index (Phi) is 156. The fourth-order valence-corrected chi connectivity index (χ4v) is 0. The molecule has 0 nitrogen and oxygen atoms in total. The molecule has 0 heterocycles. The van der Waals surface area contributed by atoms with E-state index in [2.05, 4.69) is 0 Å². The van der Waals surface area contributed by atoms with Gasteiger partial charge in [0.05, 0.1) is 0 Å². The van der Waals surface area contributed by atoms with Gasteiger partial charge in [-0.1, -0.05) is 0 Å². The average Bonchev–Trinajstić information content (AvgIpc) is 0. The van der Waals surface area contributed by atoms with E-state index in [0.717, 1.165) is 0 Å². The fraction of sp³-hybridized carbons (Fsp3) is 0. The molecule has 4 heavy (non-hydrogen) atoms. The first-order valence-electron chi connectivity index (χ1n) is 0. The van der Waals surface area contributed by atoms with Crippen LogP contribution in [0.5, 0.6) is 0 Å². The van der Waals surface area contributed by atoms with Crippen molar-refractivity contribution in [3.8, 4) is 0 Å². The quantitative estimate of drug-likeness (QED) is 0.531. The topological polar surface area (TPSA) is 0 Å². The van der Waals surface area contributed by atoms with Crippen molar-refractivity contribution in [3.63, 3.8) is 0 Å². The third kappa shape index (κ3) is 8.86. The first-order valence-corrected chi connectivity index (χ1v) is 0. The van der Waals surface area contributed by atoms with Gasteiger partial charge in [-0.2, -0.15) is 0 Å². The predicted molar refractivity (Wildman–Crippen MR) is 3.24 cm³/mol. The van der Waals surface area contributed by atoms with Crippen LogP contribution in [0.4, 0.5) is 0 Å². The summed E-state index contributed by atoms with van der Waals surface area (Å²) in [6.45, 7) is 0. The largest absolute Gasteiger partial charge is 0 e. The van der Waals surface area contributed by atoms with Crippen LogP contribution in [-0.4, -0.2) is 0 Å². The zero-order valence-corrected chi connectivity index (χ0v) is 7.93. The summed E-state index contributed by atoms with van der Waals surface area (Å²) in [6.07, 6.45) is 0. The van der Waals surface area contributed by atoms with Crippen LogP contribution >= 0.6 is 0 Å². The van der Waals surface area contributed by atoms with E-state index >= 15 is 0 Å². The van der Waals surface area contributed by atoms with Gasteiger partial charge in [0.2, 0.25) is 0 Å². The van der Waals surface area contributed by atoms with Crippen molar-refractivity contribution < 1.29 is 69.0 Å². The summed E-state index contributed by atoms with van der Waals surface area (Å²) in [5.41, 5.74) is 0. The van der Waals surface area contributed by atoms with E-state index in [9.17, 15) is 0 Å². The first-order chi connectivity index (χ1) is 0. The molecular formula is CMoTiZr. The van der Waals surface area contributed by atoms with Gasteiger partial charge in [0.25, 0.3) is 0 Å². The molecule has 0 aliphatic rings. The van der Waals surface area contributed by atoms with Crippen LogP contribution in [0.15, 0.2) is 0 Å². The van der Waals surface area contributed by atoms with Crippen molar-refractivity contribution in [3.05, 3.63) is 7.43 Å². The molecule has 0 bridgehead atoms. The summed E-state index contributed by atoms with van der Waals surface area (Å²) in [4.78, 5) is 0. The molecule has 0 saturated heterocycles. The van der Waals surface area contributed by atoms with Crippen LogP contribution in [-0.2, 0) is 69.0 Å². The Morgan fingerprint density at radius 3 is 1.00 bits per heavy atom. The first kappa shape index (κ1) is 33.6. The zero-order chi connectivity index (χ0) is 0. The van der Waals surface area contributed by atoms with Crippen molar-refractivity contribution in [1.29, 1.82) is 0 Å². The summed E-state index contributed by atoms with van der Waals surface area (Å²) in [5.74, 6) is 0. The Hall–Kier alpha value is 2.29. The second-order valence-electron chi connectivity index (χ2n) is 0. The third-order valence-corrected chi connectivity index (χ3v) is 0. The maximum absolute atomic E-state index is 0. The van der Waals surface area contributed by atoms with Crippen LogP contribution in [0.25, 0.3) is 0 Å². The van der Waals surface area contributed by atoms with Gasteiger partial charge in [0.1, 0.15) is 0 Å². The van der Waals surface area contributed by atoms with E-state index < -0.39 is 0 Å². The SMILES string of the molecule is [C].[Mo].[Ti].[Zr]. The zero-order valence-electron chi connectivity index (χ0n) is 1.91. The molecule has 0 atom stereocenters. The molecule has 3 heteroatoms. The molecule has 0 aromatic carbocycles. The molecule has 0 aromatic heterocycles. The van der Waals surface area contributed by atoms with Crippen LogP contribution in [0.3, 0.4) is 0 Å². The van der Waals surface area contributed by atoms with E-state index in [1.54, 1.807) is 0 Å². The van der Waals surface area contributed by atoms with Gasteiger partial charge in [-0.25, -0.2) is 0 Å². The molecule has 0 spiro atoms. The summed E-state index contributed by atoms with van der Waals surface area (Å²) in [5, 5.41) is 0. The van der Waals surface area contributed by atoms with E-state index in [1.165, 1.54) is 0 Å². The predicted octanol–water partition coefficient (Wildman–Crippen LogP) is 0.0738. The van der Waals surface area contributed by atoms with E-state index in [0.29, 0.717) is 0 Å². The van der Waals surface area contributed by atoms with Gasteiger partial charge in [0, 0.05) is 76.4 Å². The van der Waals surface area contributed by atoms with Gasteiger partial charge in [-0.3, -0.25) is 0 Å². The molecule has 0 aliphatic heterocycles. The monoisotopic (exact) mass is 248 g/mol. The maximum Gasteiger partial charge on any atom is 0 e. The Bertz CT molecular complexity index is 8.00. The van der Waals surface area contributed by atoms with Crippen LogP contribution < -0.4 is 0 Å². The van der Waals surface area contributed by atoms with E-state index in [-0.39, 0.29) is 76.4 Å². The Labute approximate surface area is 75.4 Å². The molecule has 0 unspecified atom stereocenters. The average molecular weight is 247 g/mol. The molecule has 4 radical (unpaired) electrons. The van der Waals surface area contributed by atoms with E-state index in [1.807, 2.05) is 0 Å². The van der Waals surface area contributed by atoms with Crippen molar-refractivity contribution >= 4 is 0 Å². The van der Waals surface area contributed by atoms with Gasteiger partial charge in [-0.15, -0.1) is 0 Å². The standard InChI is InChI=1S/C.Mo.Ti.Zr. The summed E-state index contributed by atoms with van der Waals surface area (Å²) < 4.78 is 0. The fourth-order valence-electron chi connectivity index (χ4n) is 0. The van der Waals surface area contributed by atoms with Crippen LogP contribution in [0, 0.1) is 7.43 Å².